The number of allylic oxidation sites excluding steroid dienone is 1. The predicted molar refractivity (Wildman–Crippen MR) is 107 cm³/mol. The summed E-state index contributed by atoms with van der Waals surface area (Å²) >= 11 is 0. The largest absolute Gasteiger partial charge is 0.473 e. The van der Waals surface area contributed by atoms with Gasteiger partial charge in [0.1, 0.15) is 11.6 Å². The lowest BCUT2D eigenvalue weighted by Gasteiger charge is -2.27. The van der Waals surface area contributed by atoms with Crippen molar-refractivity contribution in [2.75, 3.05) is 7.05 Å². The van der Waals surface area contributed by atoms with Crippen molar-refractivity contribution < 1.29 is 9.53 Å². The number of ether oxygens (including phenoxy) is 1. The number of rotatable bonds is 5. The molecule has 1 fully saturated rings. The van der Waals surface area contributed by atoms with E-state index in [4.69, 9.17) is 9.72 Å². The molecule has 2 atom stereocenters. The van der Waals surface area contributed by atoms with Crippen LogP contribution in [0.4, 0.5) is 0 Å². The van der Waals surface area contributed by atoms with Crippen molar-refractivity contribution in [2.24, 2.45) is 7.05 Å². The minimum Gasteiger partial charge on any atom is -0.473 e. The molecule has 29 heavy (non-hydrogen) atoms. The highest BCUT2D eigenvalue weighted by Crippen LogP contribution is 2.31. The Morgan fingerprint density at radius 2 is 2.14 bits per heavy atom. The molecule has 0 radical (unpaired) electrons. The highest BCUT2D eigenvalue weighted by atomic mass is 16.5. The van der Waals surface area contributed by atoms with Gasteiger partial charge in [-0.15, -0.1) is 0 Å². The Morgan fingerprint density at radius 3 is 2.86 bits per heavy atom. The van der Waals surface area contributed by atoms with Crippen LogP contribution in [-0.4, -0.2) is 54.4 Å². The summed E-state index contributed by atoms with van der Waals surface area (Å²) in [5.74, 6) is 0.738. The molecule has 0 aliphatic heterocycles. The summed E-state index contributed by atoms with van der Waals surface area (Å²) in [4.78, 5) is 19.1. The molecular weight excluding hydrogens is 368 g/mol. The summed E-state index contributed by atoms with van der Waals surface area (Å²) in [5, 5.41) is 8.59. The summed E-state index contributed by atoms with van der Waals surface area (Å²) in [7, 11) is 3.79. The van der Waals surface area contributed by atoms with Crippen LogP contribution in [0.15, 0.2) is 42.5 Å². The van der Waals surface area contributed by atoms with Crippen molar-refractivity contribution in [3.8, 4) is 17.1 Å². The van der Waals surface area contributed by atoms with Crippen LogP contribution in [0.2, 0.25) is 0 Å². The Labute approximate surface area is 168 Å². The number of carbonyl (C=O) groups excluding carboxylic acids is 1. The monoisotopic (exact) mass is 392 g/mol. The molecule has 2 aliphatic carbocycles. The quantitative estimate of drug-likeness (QED) is 0.667. The Balaban J connectivity index is 1.35. The zero-order valence-corrected chi connectivity index (χ0v) is 16.7. The van der Waals surface area contributed by atoms with E-state index in [1.54, 1.807) is 21.6 Å². The zero-order chi connectivity index (χ0) is 20.0. The van der Waals surface area contributed by atoms with Gasteiger partial charge in [0.05, 0.1) is 24.3 Å². The van der Waals surface area contributed by atoms with Gasteiger partial charge < -0.3 is 9.64 Å². The smallest absolute Gasteiger partial charge is 0.249 e. The number of carbonyl (C=O) groups is 1. The van der Waals surface area contributed by atoms with E-state index in [1.807, 2.05) is 43.5 Å². The SMILES string of the molecule is CN(C(=O)C1=CCC1)[C@@H]1CC[C@H](Oc2nc(-c3cnn(C)c3)cn3nccc23)C1. The molecule has 150 valence electrons. The highest BCUT2D eigenvalue weighted by molar-refractivity contribution is 5.94. The Kier molecular flexibility index (Phi) is 4.34. The maximum Gasteiger partial charge on any atom is 0.249 e. The normalized spacial score (nSPS) is 21.1. The van der Waals surface area contributed by atoms with Gasteiger partial charge in [0, 0.05) is 43.9 Å². The van der Waals surface area contributed by atoms with Crippen LogP contribution in [0.5, 0.6) is 5.88 Å². The van der Waals surface area contributed by atoms with Crippen LogP contribution < -0.4 is 4.74 Å². The lowest BCUT2D eigenvalue weighted by molar-refractivity contribution is -0.128. The third kappa shape index (κ3) is 3.28. The van der Waals surface area contributed by atoms with E-state index in [-0.39, 0.29) is 18.1 Å². The van der Waals surface area contributed by atoms with Crippen LogP contribution in [0.1, 0.15) is 32.1 Å². The predicted octanol–water partition coefficient (Wildman–Crippen LogP) is 2.61. The maximum absolute atomic E-state index is 12.5. The van der Waals surface area contributed by atoms with Crippen molar-refractivity contribution in [2.45, 2.75) is 44.2 Å². The molecule has 0 N–H and O–H groups in total. The number of hydrogen-bond donors (Lipinski definition) is 0. The number of aromatic nitrogens is 5. The first kappa shape index (κ1) is 17.9. The molecule has 8 nitrogen and oxygen atoms in total. The second-order valence-corrected chi connectivity index (χ2v) is 7.89. The van der Waals surface area contributed by atoms with Crippen LogP contribution in [0.3, 0.4) is 0 Å². The molecule has 3 aromatic rings. The molecule has 0 spiro atoms. The van der Waals surface area contributed by atoms with Crippen LogP contribution >= 0.6 is 0 Å². The number of fused-ring (bicyclic) bond motifs is 1. The van der Waals surface area contributed by atoms with Crippen molar-refractivity contribution in [3.63, 3.8) is 0 Å². The summed E-state index contributed by atoms with van der Waals surface area (Å²) < 4.78 is 9.86. The number of hydrogen-bond acceptors (Lipinski definition) is 5. The average Bonchev–Trinajstić information content (AvgIpc) is 3.39. The molecule has 0 saturated heterocycles. The minimum atomic E-state index is 0.0287. The van der Waals surface area contributed by atoms with Crippen molar-refractivity contribution >= 4 is 11.4 Å². The molecule has 3 aromatic heterocycles. The van der Waals surface area contributed by atoms with E-state index in [9.17, 15) is 4.79 Å². The van der Waals surface area contributed by atoms with Gasteiger partial charge in [-0.3, -0.25) is 9.48 Å². The maximum atomic E-state index is 12.5. The molecule has 1 saturated carbocycles. The lowest BCUT2D eigenvalue weighted by Crippen LogP contribution is -2.37. The minimum absolute atomic E-state index is 0.0287. The van der Waals surface area contributed by atoms with E-state index >= 15 is 0 Å². The van der Waals surface area contributed by atoms with Crippen LogP contribution in [-0.2, 0) is 11.8 Å². The van der Waals surface area contributed by atoms with E-state index in [0.717, 1.165) is 54.5 Å². The average molecular weight is 392 g/mol. The van der Waals surface area contributed by atoms with E-state index in [2.05, 4.69) is 10.2 Å². The first-order valence-corrected chi connectivity index (χ1v) is 10.0. The molecule has 0 unspecified atom stereocenters. The molecule has 8 heteroatoms. The second kappa shape index (κ2) is 7.02. The van der Waals surface area contributed by atoms with Gasteiger partial charge in [-0.1, -0.05) is 6.08 Å². The topological polar surface area (TPSA) is 77.6 Å². The number of aryl methyl sites for hydroxylation is 1. The molecule has 3 heterocycles. The van der Waals surface area contributed by atoms with Crippen LogP contribution in [0.25, 0.3) is 16.8 Å². The fourth-order valence-electron chi connectivity index (χ4n) is 4.09. The third-order valence-electron chi connectivity index (χ3n) is 5.94. The van der Waals surface area contributed by atoms with Crippen molar-refractivity contribution in [3.05, 3.63) is 42.5 Å². The van der Waals surface area contributed by atoms with Gasteiger partial charge in [-0.05, 0) is 31.7 Å². The summed E-state index contributed by atoms with van der Waals surface area (Å²) in [6, 6.07) is 2.11. The lowest BCUT2D eigenvalue weighted by atomic mass is 9.97. The summed E-state index contributed by atoms with van der Waals surface area (Å²) in [5.41, 5.74) is 3.47. The Hall–Kier alpha value is -3.16. The Morgan fingerprint density at radius 1 is 1.28 bits per heavy atom. The van der Waals surface area contributed by atoms with Gasteiger partial charge in [0.25, 0.3) is 0 Å². The van der Waals surface area contributed by atoms with Crippen LogP contribution in [0, 0.1) is 0 Å². The van der Waals surface area contributed by atoms with Gasteiger partial charge in [0.2, 0.25) is 11.8 Å². The summed E-state index contributed by atoms with van der Waals surface area (Å²) in [6.07, 6.45) is 14.0. The molecule has 5 rings (SSSR count). The van der Waals surface area contributed by atoms with Crippen molar-refractivity contribution in [1.82, 2.24) is 29.3 Å². The highest BCUT2D eigenvalue weighted by Gasteiger charge is 2.33. The number of nitrogens with zero attached hydrogens (tertiary/aromatic N) is 6. The van der Waals surface area contributed by atoms with E-state index < -0.39 is 0 Å². The fourth-order valence-corrected chi connectivity index (χ4v) is 4.09. The Bertz CT molecular complexity index is 1100. The van der Waals surface area contributed by atoms with Crippen molar-refractivity contribution in [1.29, 1.82) is 0 Å². The third-order valence-corrected chi connectivity index (χ3v) is 5.94. The first-order chi connectivity index (χ1) is 14.1. The number of likely N-dealkylation sites (N-methyl/N-ethyl adjacent to an activating group) is 1. The molecule has 0 aromatic carbocycles. The molecule has 2 aliphatic rings. The van der Waals surface area contributed by atoms with Gasteiger partial charge in [-0.2, -0.15) is 10.2 Å². The zero-order valence-electron chi connectivity index (χ0n) is 16.7. The molecular formula is C21H24N6O2. The second-order valence-electron chi connectivity index (χ2n) is 7.89. The van der Waals surface area contributed by atoms with E-state index in [1.165, 1.54) is 0 Å². The standard InChI is InChI=1S/C21H24N6O2/c1-25-12-15(11-23-25)18-13-27-19(8-9-22-27)20(24-18)29-17-7-6-16(10-17)26(2)21(28)14-4-3-5-14/h4,8-9,11-13,16-17H,3,5-7,10H2,1-2H3/t16-,17+/m1/s1. The number of amides is 1. The fraction of sp³-hybridized carbons (Fsp3) is 0.429. The summed E-state index contributed by atoms with van der Waals surface area (Å²) in [6.45, 7) is 0. The van der Waals surface area contributed by atoms with Gasteiger partial charge in [0.15, 0.2) is 0 Å². The van der Waals surface area contributed by atoms with Gasteiger partial charge >= 0.3 is 0 Å². The van der Waals surface area contributed by atoms with E-state index in [0.29, 0.717) is 5.88 Å². The van der Waals surface area contributed by atoms with Gasteiger partial charge in [-0.25, -0.2) is 9.50 Å². The molecule has 1 amide bonds. The molecule has 0 bridgehead atoms. The first-order valence-electron chi connectivity index (χ1n) is 10.0.